The summed E-state index contributed by atoms with van der Waals surface area (Å²) >= 11 is 1.55. The third kappa shape index (κ3) is 6.21. The number of nitrogens with zero attached hydrogens (tertiary/aromatic N) is 2. The molecule has 1 fully saturated rings. The van der Waals surface area contributed by atoms with Gasteiger partial charge in [-0.3, -0.25) is 0 Å². The van der Waals surface area contributed by atoms with Crippen LogP contribution in [-0.2, 0) is 6.42 Å². The van der Waals surface area contributed by atoms with Gasteiger partial charge < -0.3 is 5.73 Å². The molecule has 1 aromatic rings. The minimum Gasteiger partial charge on any atom is -0.374 e. The molecule has 0 bridgehead atoms. The van der Waals surface area contributed by atoms with Gasteiger partial charge in [-0.05, 0) is 12.3 Å². The Hall–Kier alpha value is -0.640. The highest BCUT2D eigenvalue weighted by molar-refractivity contribution is 7.15. The summed E-state index contributed by atoms with van der Waals surface area (Å²) in [7, 11) is 0. The van der Waals surface area contributed by atoms with E-state index in [0.29, 0.717) is 5.13 Å². The molecule has 2 N–H and O–H groups in total. The Morgan fingerprint density at radius 2 is 1.40 bits per heavy atom. The molecular formula is C16H29N3S. The lowest BCUT2D eigenvalue weighted by molar-refractivity contribution is 0.374. The maximum absolute atomic E-state index is 5.65. The van der Waals surface area contributed by atoms with Gasteiger partial charge in [-0.2, -0.15) is 0 Å². The molecule has 20 heavy (non-hydrogen) atoms. The fourth-order valence-corrected chi connectivity index (χ4v) is 3.86. The van der Waals surface area contributed by atoms with Gasteiger partial charge in [0.25, 0.3) is 0 Å². The highest BCUT2D eigenvalue weighted by Gasteiger charge is 2.11. The van der Waals surface area contributed by atoms with Gasteiger partial charge in [0.1, 0.15) is 5.01 Å². The lowest BCUT2D eigenvalue weighted by atomic mass is 9.90. The topological polar surface area (TPSA) is 51.8 Å². The van der Waals surface area contributed by atoms with E-state index in [-0.39, 0.29) is 0 Å². The van der Waals surface area contributed by atoms with Crippen molar-refractivity contribution >= 4 is 16.5 Å². The Morgan fingerprint density at radius 3 is 1.90 bits per heavy atom. The third-order valence-electron chi connectivity index (χ3n) is 4.47. The number of aryl methyl sites for hydroxylation is 1. The maximum atomic E-state index is 5.65. The molecule has 1 aliphatic carbocycles. The minimum absolute atomic E-state index is 0.610. The van der Waals surface area contributed by atoms with Crippen LogP contribution in [0.4, 0.5) is 5.13 Å². The van der Waals surface area contributed by atoms with Crippen LogP contribution in [0.2, 0.25) is 0 Å². The summed E-state index contributed by atoms with van der Waals surface area (Å²) in [6.45, 7) is 0. The van der Waals surface area contributed by atoms with Crippen LogP contribution in [0, 0.1) is 5.92 Å². The Balaban J connectivity index is 1.73. The van der Waals surface area contributed by atoms with Crippen molar-refractivity contribution in [1.29, 1.82) is 0 Å². The number of hydrogen-bond donors (Lipinski definition) is 1. The predicted molar refractivity (Wildman–Crippen MR) is 86.9 cm³/mol. The SMILES string of the molecule is Nc1nnc(CCC2CCCCCCCCCCC2)s1. The summed E-state index contributed by atoms with van der Waals surface area (Å²) < 4.78 is 0. The van der Waals surface area contributed by atoms with E-state index >= 15 is 0 Å². The van der Waals surface area contributed by atoms with Crippen LogP contribution in [-0.4, -0.2) is 10.2 Å². The van der Waals surface area contributed by atoms with Crippen molar-refractivity contribution in [1.82, 2.24) is 10.2 Å². The zero-order valence-electron chi connectivity index (χ0n) is 12.6. The van der Waals surface area contributed by atoms with Crippen molar-refractivity contribution in [2.45, 2.75) is 83.5 Å². The van der Waals surface area contributed by atoms with E-state index in [2.05, 4.69) is 10.2 Å². The van der Waals surface area contributed by atoms with Crippen molar-refractivity contribution in [3.05, 3.63) is 5.01 Å². The van der Waals surface area contributed by atoms with E-state index in [0.717, 1.165) is 17.3 Å². The number of nitrogens with two attached hydrogens (primary N) is 1. The van der Waals surface area contributed by atoms with E-state index in [1.165, 1.54) is 77.0 Å². The minimum atomic E-state index is 0.610. The second-order valence-electron chi connectivity index (χ2n) is 6.20. The molecule has 1 heterocycles. The molecule has 0 aliphatic heterocycles. The van der Waals surface area contributed by atoms with Crippen LogP contribution in [0.15, 0.2) is 0 Å². The highest BCUT2D eigenvalue weighted by atomic mass is 32.1. The quantitative estimate of drug-likeness (QED) is 0.856. The van der Waals surface area contributed by atoms with Gasteiger partial charge in [0.05, 0.1) is 0 Å². The first-order valence-electron chi connectivity index (χ1n) is 8.42. The van der Waals surface area contributed by atoms with Gasteiger partial charge in [0.15, 0.2) is 0 Å². The number of nitrogen functional groups attached to an aromatic ring is 1. The Labute approximate surface area is 127 Å². The van der Waals surface area contributed by atoms with Crippen LogP contribution in [0.5, 0.6) is 0 Å². The fourth-order valence-electron chi connectivity index (χ4n) is 3.23. The fraction of sp³-hybridized carbons (Fsp3) is 0.875. The normalized spacial score (nSPS) is 20.2. The lowest BCUT2D eigenvalue weighted by Crippen LogP contribution is -2.04. The van der Waals surface area contributed by atoms with Crippen LogP contribution in [0.1, 0.15) is 82.1 Å². The van der Waals surface area contributed by atoms with Gasteiger partial charge >= 0.3 is 0 Å². The van der Waals surface area contributed by atoms with Crippen molar-refractivity contribution in [2.75, 3.05) is 5.73 Å². The average Bonchev–Trinajstić information content (AvgIpc) is 2.84. The Bertz CT molecular complexity index is 352. The summed E-state index contributed by atoms with van der Waals surface area (Å²) in [6, 6.07) is 0. The van der Waals surface area contributed by atoms with Gasteiger partial charge in [-0.1, -0.05) is 82.0 Å². The average molecular weight is 295 g/mol. The molecule has 1 aromatic heterocycles. The van der Waals surface area contributed by atoms with Gasteiger partial charge in [0, 0.05) is 6.42 Å². The standard InChI is InChI=1S/C16H29N3S/c17-16-19-18-15(20-16)13-12-14-10-8-6-4-2-1-3-5-7-9-11-14/h14H,1-13H2,(H2,17,19). The molecular weight excluding hydrogens is 266 g/mol. The third-order valence-corrected chi connectivity index (χ3v) is 5.29. The second kappa shape index (κ2) is 9.32. The predicted octanol–water partition coefficient (Wildman–Crippen LogP) is 4.97. The smallest absolute Gasteiger partial charge is 0.203 e. The zero-order valence-corrected chi connectivity index (χ0v) is 13.5. The molecule has 0 saturated heterocycles. The summed E-state index contributed by atoms with van der Waals surface area (Å²) in [5, 5.41) is 9.79. The molecule has 0 aromatic carbocycles. The summed E-state index contributed by atoms with van der Waals surface area (Å²) in [5.41, 5.74) is 5.65. The molecule has 2 rings (SSSR count). The first-order chi connectivity index (χ1) is 9.84. The monoisotopic (exact) mass is 295 g/mol. The van der Waals surface area contributed by atoms with E-state index in [9.17, 15) is 0 Å². The van der Waals surface area contributed by atoms with E-state index < -0.39 is 0 Å². The highest BCUT2D eigenvalue weighted by Crippen LogP contribution is 2.25. The van der Waals surface area contributed by atoms with E-state index in [1.807, 2.05) is 0 Å². The van der Waals surface area contributed by atoms with Crippen LogP contribution in [0.3, 0.4) is 0 Å². The Morgan fingerprint density at radius 1 is 0.850 bits per heavy atom. The van der Waals surface area contributed by atoms with Crippen molar-refractivity contribution in [3.63, 3.8) is 0 Å². The molecule has 1 saturated carbocycles. The molecule has 0 amide bonds. The molecule has 0 spiro atoms. The first kappa shape index (κ1) is 15.7. The lowest BCUT2D eigenvalue weighted by Gasteiger charge is -2.17. The first-order valence-corrected chi connectivity index (χ1v) is 9.24. The molecule has 1 aliphatic rings. The summed E-state index contributed by atoms with van der Waals surface area (Å²) in [6.07, 6.45) is 18.1. The van der Waals surface area contributed by atoms with Gasteiger partial charge in [0.2, 0.25) is 5.13 Å². The second-order valence-corrected chi connectivity index (χ2v) is 7.29. The van der Waals surface area contributed by atoms with Crippen LogP contribution in [0.25, 0.3) is 0 Å². The number of aromatic nitrogens is 2. The summed E-state index contributed by atoms with van der Waals surface area (Å²) in [5.74, 6) is 0.888. The van der Waals surface area contributed by atoms with E-state index in [4.69, 9.17) is 5.73 Å². The van der Waals surface area contributed by atoms with Crippen molar-refractivity contribution < 1.29 is 0 Å². The van der Waals surface area contributed by atoms with Crippen molar-refractivity contribution in [3.8, 4) is 0 Å². The molecule has 114 valence electrons. The largest absolute Gasteiger partial charge is 0.374 e. The van der Waals surface area contributed by atoms with Gasteiger partial charge in [-0.25, -0.2) is 0 Å². The van der Waals surface area contributed by atoms with Crippen LogP contribution < -0.4 is 5.73 Å². The molecule has 0 unspecified atom stereocenters. The van der Waals surface area contributed by atoms with E-state index in [1.54, 1.807) is 11.3 Å². The number of hydrogen-bond acceptors (Lipinski definition) is 4. The van der Waals surface area contributed by atoms with Gasteiger partial charge in [-0.15, -0.1) is 10.2 Å². The number of rotatable bonds is 3. The summed E-state index contributed by atoms with van der Waals surface area (Å²) in [4.78, 5) is 0. The molecule has 3 nitrogen and oxygen atoms in total. The van der Waals surface area contributed by atoms with Crippen LogP contribution >= 0.6 is 11.3 Å². The molecule has 0 radical (unpaired) electrons. The zero-order chi connectivity index (χ0) is 14.0. The maximum Gasteiger partial charge on any atom is 0.203 e. The molecule has 0 atom stereocenters. The Kier molecular flexibility index (Phi) is 7.34. The molecule has 4 heteroatoms. The number of anilines is 1. The van der Waals surface area contributed by atoms with Crippen molar-refractivity contribution in [2.24, 2.45) is 5.92 Å².